The van der Waals surface area contributed by atoms with Crippen LogP contribution in [-0.4, -0.2) is 24.6 Å². The van der Waals surface area contributed by atoms with Crippen molar-refractivity contribution in [2.45, 2.75) is 19.3 Å². The second-order valence-electron chi connectivity index (χ2n) is 6.44. The van der Waals surface area contributed by atoms with E-state index in [4.69, 9.17) is 4.98 Å². The Morgan fingerprint density at radius 2 is 1.69 bits per heavy atom. The van der Waals surface area contributed by atoms with Crippen LogP contribution in [0, 0.1) is 0 Å². The van der Waals surface area contributed by atoms with Crippen molar-refractivity contribution in [3.63, 3.8) is 0 Å². The Morgan fingerprint density at radius 3 is 2.42 bits per heavy atom. The van der Waals surface area contributed by atoms with Gasteiger partial charge in [-0.15, -0.1) is 28.3 Å². The Bertz CT molecular complexity index is 796. The molecule has 3 nitrogen and oxygen atoms in total. The van der Waals surface area contributed by atoms with E-state index < -0.39 is 0 Å². The van der Waals surface area contributed by atoms with Crippen LogP contribution in [0.2, 0.25) is 0 Å². The molecule has 3 aromatic rings. The van der Waals surface area contributed by atoms with Gasteiger partial charge in [-0.1, -0.05) is 42.5 Å². The quantitative estimate of drug-likeness (QED) is 0.548. The third-order valence-corrected chi connectivity index (χ3v) is 5.47. The minimum atomic E-state index is 0. The fraction of sp³-hybridized carbons (Fsp3) is 0.286. The number of nitrogens with one attached hydrogen (secondary N) is 1. The van der Waals surface area contributed by atoms with Gasteiger partial charge in [-0.05, 0) is 37.0 Å². The average Bonchev–Trinajstić information content (AvgIpc) is 3.35. The zero-order valence-corrected chi connectivity index (χ0v) is 17.3. The molecule has 0 atom stereocenters. The Morgan fingerprint density at radius 1 is 0.962 bits per heavy atom. The Balaban J connectivity index is 0.00000196. The van der Waals surface area contributed by atoms with Crippen molar-refractivity contribution in [1.82, 2.24) is 4.98 Å². The van der Waals surface area contributed by atoms with E-state index in [1.807, 2.05) is 0 Å². The van der Waals surface area contributed by atoms with Crippen molar-refractivity contribution in [1.29, 1.82) is 0 Å². The molecular weight excluding hydrogens is 406 g/mol. The minimum absolute atomic E-state index is 0. The molecule has 4 rings (SSSR count). The molecule has 1 aliphatic heterocycles. The van der Waals surface area contributed by atoms with Gasteiger partial charge in [-0.25, -0.2) is 4.98 Å². The second-order valence-corrected chi connectivity index (χ2v) is 7.30. The van der Waals surface area contributed by atoms with Crippen LogP contribution in [0.3, 0.4) is 0 Å². The molecule has 136 valence electrons. The van der Waals surface area contributed by atoms with Crippen LogP contribution in [0.1, 0.15) is 18.4 Å². The van der Waals surface area contributed by atoms with E-state index in [-0.39, 0.29) is 17.0 Å². The molecule has 5 heteroatoms. The standard InChI is InChI=1S/C21H23N3S.BrH/c1-2-6-17(7-3-1)12-13-22-21-23-20(16-25-21)18-8-10-19(11-9-18)24-14-4-5-15-24;/h1-3,6-11,16H,4-5,12-15H2,(H,22,23);1H. The number of rotatable bonds is 6. The van der Waals surface area contributed by atoms with E-state index in [1.165, 1.54) is 42.7 Å². The van der Waals surface area contributed by atoms with E-state index in [0.29, 0.717) is 0 Å². The fourth-order valence-electron chi connectivity index (χ4n) is 3.26. The smallest absolute Gasteiger partial charge is 0.183 e. The molecule has 26 heavy (non-hydrogen) atoms. The van der Waals surface area contributed by atoms with Gasteiger partial charge in [0.1, 0.15) is 0 Å². The van der Waals surface area contributed by atoms with E-state index in [2.05, 4.69) is 70.2 Å². The van der Waals surface area contributed by atoms with Crippen LogP contribution in [-0.2, 0) is 6.42 Å². The predicted octanol–water partition coefficient (Wildman–Crippen LogP) is 5.64. The molecule has 0 unspecified atom stereocenters. The maximum Gasteiger partial charge on any atom is 0.183 e. The molecule has 1 fully saturated rings. The lowest BCUT2D eigenvalue weighted by atomic mass is 10.1. The van der Waals surface area contributed by atoms with Gasteiger partial charge in [0.2, 0.25) is 0 Å². The maximum atomic E-state index is 4.73. The minimum Gasteiger partial charge on any atom is -0.372 e. The summed E-state index contributed by atoms with van der Waals surface area (Å²) in [6.45, 7) is 3.28. The first-order valence-corrected chi connectivity index (χ1v) is 9.85. The van der Waals surface area contributed by atoms with E-state index in [1.54, 1.807) is 11.3 Å². The van der Waals surface area contributed by atoms with E-state index in [0.717, 1.165) is 23.8 Å². The van der Waals surface area contributed by atoms with Gasteiger partial charge in [0.25, 0.3) is 0 Å². The lowest BCUT2D eigenvalue weighted by Crippen LogP contribution is -2.17. The summed E-state index contributed by atoms with van der Waals surface area (Å²) in [5.74, 6) is 0. The average molecular weight is 430 g/mol. The third-order valence-electron chi connectivity index (χ3n) is 4.67. The lowest BCUT2D eigenvalue weighted by Gasteiger charge is -2.17. The normalized spacial score (nSPS) is 13.5. The van der Waals surface area contributed by atoms with Crippen LogP contribution in [0.4, 0.5) is 10.8 Å². The van der Waals surface area contributed by atoms with Crippen molar-refractivity contribution < 1.29 is 0 Å². The highest BCUT2D eigenvalue weighted by Crippen LogP contribution is 2.28. The van der Waals surface area contributed by atoms with Crippen molar-refractivity contribution >= 4 is 39.1 Å². The van der Waals surface area contributed by atoms with Gasteiger partial charge < -0.3 is 10.2 Å². The summed E-state index contributed by atoms with van der Waals surface area (Å²) in [7, 11) is 0. The molecule has 0 spiro atoms. The zero-order valence-electron chi connectivity index (χ0n) is 14.7. The summed E-state index contributed by atoms with van der Waals surface area (Å²) < 4.78 is 0. The van der Waals surface area contributed by atoms with Gasteiger partial charge >= 0.3 is 0 Å². The topological polar surface area (TPSA) is 28.2 Å². The molecule has 1 N–H and O–H groups in total. The number of anilines is 2. The van der Waals surface area contributed by atoms with Gasteiger partial charge in [-0.3, -0.25) is 0 Å². The molecule has 0 saturated carbocycles. The van der Waals surface area contributed by atoms with Crippen LogP contribution < -0.4 is 10.2 Å². The number of hydrogen-bond donors (Lipinski definition) is 1. The van der Waals surface area contributed by atoms with Gasteiger partial charge in [0.05, 0.1) is 5.69 Å². The van der Waals surface area contributed by atoms with Crippen molar-refractivity contribution in [2.24, 2.45) is 0 Å². The number of halogens is 1. The highest BCUT2D eigenvalue weighted by molar-refractivity contribution is 8.93. The largest absolute Gasteiger partial charge is 0.372 e. The molecule has 0 radical (unpaired) electrons. The Kier molecular flexibility index (Phi) is 6.69. The van der Waals surface area contributed by atoms with Crippen LogP contribution in [0.5, 0.6) is 0 Å². The van der Waals surface area contributed by atoms with Gasteiger partial charge in [-0.2, -0.15) is 0 Å². The summed E-state index contributed by atoms with van der Waals surface area (Å²) in [6.07, 6.45) is 3.64. The van der Waals surface area contributed by atoms with Crippen molar-refractivity contribution in [3.8, 4) is 11.3 Å². The molecule has 0 bridgehead atoms. The Labute approximate surface area is 169 Å². The third kappa shape index (κ3) is 4.65. The number of thiazole rings is 1. The molecule has 1 saturated heterocycles. The predicted molar refractivity (Wildman–Crippen MR) is 118 cm³/mol. The molecule has 1 aromatic heterocycles. The summed E-state index contributed by atoms with van der Waals surface area (Å²) in [5.41, 5.74) is 4.93. The summed E-state index contributed by atoms with van der Waals surface area (Å²) >= 11 is 1.68. The van der Waals surface area contributed by atoms with Crippen LogP contribution in [0.15, 0.2) is 60.0 Å². The zero-order chi connectivity index (χ0) is 16.9. The van der Waals surface area contributed by atoms with Crippen LogP contribution >= 0.6 is 28.3 Å². The number of hydrogen-bond acceptors (Lipinski definition) is 4. The molecule has 2 heterocycles. The van der Waals surface area contributed by atoms with E-state index in [9.17, 15) is 0 Å². The molecule has 1 aliphatic rings. The highest BCUT2D eigenvalue weighted by atomic mass is 79.9. The maximum absolute atomic E-state index is 4.73. The van der Waals surface area contributed by atoms with E-state index >= 15 is 0 Å². The summed E-state index contributed by atoms with van der Waals surface area (Å²) in [5, 5.41) is 6.57. The molecular formula is C21H24BrN3S. The van der Waals surface area contributed by atoms with Crippen LogP contribution in [0.25, 0.3) is 11.3 Å². The second kappa shape index (κ2) is 9.19. The summed E-state index contributed by atoms with van der Waals surface area (Å²) in [6, 6.07) is 19.4. The highest BCUT2D eigenvalue weighted by Gasteiger charge is 2.12. The fourth-order valence-corrected chi connectivity index (χ4v) is 4.01. The number of nitrogens with zero attached hydrogens (tertiary/aromatic N) is 2. The van der Waals surface area contributed by atoms with Crippen molar-refractivity contribution in [2.75, 3.05) is 29.9 Å². The summed E-state index contributed by atoms with van der Waals surface area (Å²) in [4.78, 5) is 7.19. The molecule has 2 aromatic carbocycles. The SMILES string of the molecule is Br.c1ccc(CCNc2nc(-c3ccc(N4CCCC4)cc3)cs2)cc1. The van der Waals surface area contributed by atoms with Gasteiger partial charge in [0, 0.05) is 36.3 Å². The first-order valence-electron chi connectivity index (χ1n) is 8.97. The Hall–Kier alpha value is -1.85. The van der Waals surface area contributed by atoms with Crippen molar-refractivity contribution in [3.05, 3.63) is 65.5 Å². The monoisotopic (exact) mass is 429 g/mol. The molecule has 0 amide bonds. The lowest BCUT2D eigenvalue weighted by molar-refractivity contribution is 0.949. The van der Waals surface area contributed by atoms with Gasteiger partial charge in [0.15, 0.2) is 5.13 Å². The molecule has 0 aliphatic carbocycles. The first-order chi connectivity index (χ1) is 12.4. The first kappa shape index (κ1) is 18.9. The number of benzene rings is 2. The number of aromatic nitrogens is 1.